The first-order valence-electron chi connectivity index (χ1n) is 11.8. The third kappa shape index (κ3) is 4.05. The number of fused-ring (bicyclic) bond motifs is 1. The minimum atomic E-state index is -0.0583. The second kappa shape index (κ2) is 9.13. The molecule has 0 radical (unpaired) electrons. The molecule has 1 aliphatic heterocycles. The number of anilines is 1. The largest absolute Gasteiger partial charge is 0.378 e. The Bertz CT molecular complexity index is 1550. The molecule has 5 aromatic rings. The first-order valence-corrected chi connectivity index (χ1v) is 12.6. The molecule has 1 saturated heterocycles. The van der Waals surface area contributed by atoms with Gasteiger partial charge in [-0.15, -0.1) is 11.3 Å². The van der Waals surface area contributed by atoms with Crippen LogP contribution in [0.15, 0.2) is 89.7 Å². The number of rotatable bonds is 4. The molecule has 0 saturated carbocycles. The molecule has 0 N–H and O–H groups in total. The number of nitrogens with zero attached hydrogens (tertiary/aromatic N) is 3. The van der Waals surface area contributed by atoms with Crippen LogP contribution in [0.3, 0.4) is 0 Å². The lowest BCUT2D eigenvalue weighted by Crippen LogP contribution is -2.35. The highest BCUT2D eigenvalue weighted by Gasteiger charge is 2.23. The lowest BCUT2D eigenvalue weighted by Gasteiger charge is -2.28. The molecule has 35 heavy (non-hydrogen) atoms. The highest BCUT2D eigenvalue weighted by Crippen LogP contribution is 2.43. The number of ether oxygens (including phenoxy) is 1. The van der Waals surface area contributed by atoms with Gasteiger partial charge in [0.05, 0.1) is 39.7 Å². The van der Waals surface area contributed by atoms with Crippen molar-refractivity contribution < 1.29 is 4.74 Å². The van der Waals surface area contributed by atoms with E-state index in [9.17, 15) is 4.79 Å². The number of aryl methyl sites for hydroxylation is 1. The van der Waals surface area contributed by atoms with Crippen molar-refractivity contribution in [3.05, 3.63) is 101 Å². The Kier molecular flexibility index (Phi) is 5.68. The fourth-order valence-corrected chi connectivity index (χ4v) is 5.76. The van der Waals surface area contributed by atoms with Gasteiger partial charge in [0.15, 0.2) is 5.82 Å². The zero-order valence-corrected chi connectivity index (χ0v) is 20.3. The first kappa shape index (κ1) is 21.8. The summed E-state index contributed by atoms with van der Waals surface area (Å²) in [7, 11) is 0. The average molecular weight is 480 g/mol. The van der Waals surface area contributed by atoms with Gasteiger partial charge in [0, 0.05) is 18.7 Å². The monoisotopic (exact) mass is 479 g/mol. The van der Waals surface area contributed by atoms with E-state index in [1.54, 1.807) is 15.9 Å². The van der Waals surface area contributed by atoms with E-state index in [4.69, 9.17) is 9.72 Å². The predicted octanol–water partition coefficient (Wildman–Crippen LogP) is 5.93. The number of hydrogen-bond donors (Lipinski definition) is 0. The molecule has 174 valence electrons. The van der Waals surface area contributed by atoms with Crippen LogP contribution in [0, 0.1) is 6.92 Å². The molecular formula is C29H25N3O2S. The van der Waals surface area contributed by atoms with Crippen LogP contribution in [0.4, 0.5) is 5.00 Å². The Morgan fingerprint density at radius 1 is 0.886 bits per heavy atom. The summed E-state index contributed by atoms with van der Waals surface area (Å²) in [5.74, 6) is 0.666. The summed E-state index contributed by atoms with van der Waals surface area (Å²) in [5.41, 5.74) is 4.92. The molecule has 3 heterocycles. The van der Waals surface area contributed by atoms with Gasteiger partial charge >= 0.3 is 0 Å². The highest BCUT2D eigenvalue weighted by atomic mass is 32.1. The number of aromatic nitrogens is 2. The summed E-state index contributed by atoms with van der Waals surface area (Å²) in [6.45, 7) is 5.16. The van der Waals surface area contributed by atoms with Crippen LogP contribution >= 0.6 is 11.3 Å². The van der Waals surface area contributed by atoms with Crippen LogP contribution in [0.2, 0.25) is 0 Å². The molecule has 0 bridgehead atoms. The number of benzene rings is 3. The van der Waals surface area contributed by atoms with E-state index in [1.807, 2.05) is 61.5 Å². The van der Waals surface area contributed by atoms with E-state index in [-0.39, 0.29) is 5.56 Å². The van der Waals surface area contributed by atoms with E-state index in [2.05, 4.69) is 35.2 Å². The van der Waals surface area contributed by atoms with Gasteiger partial charge in [-0.2, -0.15) is 0 Å². The van der Waals surface area contributed by atoms with E-state index >= 15 is 0 Å². The Balaban J connectivity index is 1.61. The lowest BCUT2D eigenvalue weighted by molar-refractivity contribution is 0.123. The summed E-state index contributed by atoms with van der Waals surface area (Å²) in [5, 5.41) is 1.80. The average Bonchev–Trinajstić information content (AvgIpc) is 3.36. The SMILES string of the molecule is Cc1ccc(-n2c(-c3cc(-c4ccccc4)c(N4CCOCC4)s3)nc3ccccc3c2=O)cc1. The second-order valence-electron chi connectivity index (χ2n) is 8.72. The fraction of sp³-hybridized carbons (Fsp3) is 0.172. The summed E-state index contributed by atoms with van der Waals surface area (Å²) >= 11 is 1.69. The molecule has 1 fully saturated rings. The molecule has 0 spiro atoms. The number of morpholine rings is 1. The Labute approximate surface area is 207 Å². The lowest BCUT2D eigenvalue weighted by atomic mass is 10.1. The Hall–Kier alpha value is -3.74. The summed E-state index contributed by atoms with van der Waals surface area (Å²) in [4.78, 5) is 22.2. The number of thiophene rings is 1. The van der Waals surface area contributed by atoms with Gasteiger partial charge in [-0.25, -0.2) is 4.98 Å². The molecule has 0 aliphatic carbocycles. The van der Waals surface area contributed by atoms with Crippen LogP contribution in [-0.4, -0.2) is 35.9 Å². The number of para-hydroxylation sites is 1. The maximum Gasteiger partial charge on any atom is 0.266 e. The third-order valence-electron chi connectivity index (χ3n) is 6.38. The smallest absolute Gasteiger partial charge is 0.266 e. The number of hydrogen-bond acceptors (Lipinski definition) is 5. The molecule has 0 unspecified atom stereocenters. The van der Waals surface area contributed by atoms with Crippen LogP contribution < -0.4 is 10.5 Å². The molecule has 0 amide bonds. The standard InChI is InChI=1S/C29H25N3O2S/c1-20-11-13-22(14-12-20)32-27(30-25-10-6-5-9-23(25)28(32)33)26-19-24(21-7-3-2-4-8-21)29(35-26)31-15-17-34-18-16-31/h2-14,19H,15-18H2,1H3. The van der Waals surface area contributed by atoms with Crippen LogP contribution in [0.25, 0.3) is 38.4 Å². The summed E-state index contributed by atoms with van der Waals surface area (Å²) in [6.07, 6.45) is 0. The summed E-state index contributed by atoms with van der Waals surface area (Å²) in [6, 6.07) is 28.2. The fourth-order valence-electron chi connectivity index (χ4n) is 4.55. The molecular weight excluding hydrogens is 454 g/mol. The molecule has 6 heteroatoms. The van der Waals surface area contributed by atoms with Gasteiger partial charge in [0.25, 0.3) is 5.56 Å². The second-order valence-corrected chi connectivity index (χ2v) is 9.75. The quantitative estimate of drug-likeness (QED) is 0.321. The van der Waals surface area contributed by atoms with Crippen molar-refractivity contribution in [1.29, 1.82) is 0 Å². The zero-order chi connectivity index (χ0) is 23.8. The predicted molar refractivity (Wildman–Crippen MR) is 144 cm³/mol. The molecule has 3 aromatic carbocycles. The van der Waals surface area contributed by atoms with Crippen molar-refractivity contribution in [2.45, 2.75) is 6.92 Å². The van der Waals surface area contributed by atoms with Crippen molar-refractivity contribution >= 4 is 27.2 Å². The van der Waals surface area contributed by atoms with Gasteiger partial charge in [-0.1, -0.05) is 60.2 Å². The van der Waals surface area contributed by atoms with Crippen LogP contribution in [0.1, 0.15) is 5.56 Å². The van der Waals surface area contributed by atoms with Crippen molar-refractivity contribution in [2.75, 3.05) is 31.2 Å². The van der Waals surface area contributed by atoms with Crippen molar-refractivity contribution in [1.82, 2.24) is 9.55 Å². The third-order valence-corrected chi connectivity index (χ3v) is 7.58. The molecule has 6 rings (SSSR count). The van der Waals surface area contributed by atoms with E-state index in [0.29, 0.717) is 29.9 Å². The van der Waals surface area contributed by atoms with Gasteiger partial charge in [0.2, 0.25) is 0 Å². The molecule has 1 aliphatic rings. The topological polar surface area (TPSA) is 47.4 Å². The highest BCUT2D eigenvalue weighted by molar-refractivity contribution is 7.20. The van der Waals surface area contributed by atoms with Gasteiger partial charge in [-0.05, 0) is 42.8 Å². The molecule has 2 aromatic heterocycles. The van der Waals surface area contributed by atoms with Crippen molar-refractivity contribution in [2.24, 2.45) is 0 Å². The molecule has 5 nitrogen and oxygen atoms in total. The summed E-state index contributed by atoms with van der Waals surface area (Å²) < 4.78 is 7.37. The zero-order valence-electron chi connectivity index (χ0n) is 19.5. The first-order chi connectivity index (χ1) is 17.2. The van der Waals surface area contributed by atoms with E-state index < -0.39 is 0 Å². The van der Waals surface area contributed by atoms with Gasteiger partial charge in [-0.3, -0.25) is 9.36 Å². The van der Waals surface area contributed by atoms with Gasteiger partial charge in [0.1, 0.15) is 0 Å². The normalized spacial score (nSPS) is 13.9. The maximum absolute atomic E-state index is 13.8. The minimum absolute atomic E-state index is 0.0583. The maximum atomic E-state index is 13.8. The Morgan fingerprint density at radius 3 is 2.37 bits per heavy atom. The van der Waals surface area contributed by atoms with Gasteiger partial charge < -0.3 is 9.64 Å². The minimum Gasteiger partial charge on any atom is -0.378 e. The Morgan fingerprint density at radius 2 is 1.60 bits per heavy atom. The van der Waals surface area contributed by atoms with Crippen LogP contribution in [0.5, 0.6) is 0 Å². The molecule has 0 atom stereocenters. The van der Waals surface area contributed by atoms with Crippen molar-refractivity contribution in [3.63, 3.8) is 0 Å². The van der Waals surface area contributed by atoms with E-state index in [0.717, 1.165) is 40.3 Å². The van der Waals surface area contributed by atoms with Crippen molar-refractivity contribution in [3.8, 4) is 27.5 Å². The van der Waals surface area contributed by atoms with E-state index in [1.165, 1.54) is 5.00 Å². The van der Waals surface area contributed by atoms with Crippen LogP contribution in [-0.2, 0) is 4.74 Å².